The van der Waals surface area contributed by atoms with Gasteiger partial charge in [0.2, 0.25) is 0 Å². The van der Waals surface area contributed by atoms with E-state index >= 15 is 0 Å². The fourth-order valence-corrected chi connectivity index (χ4v) is 3.25. The first-order valence-corrected chi connectivity index (χ1v) is 7.57. The minimum absolute atomic E-state index is 0.151. The molecule has 0 fully saturated rings. The minimum Gasteiger partial charge on any atom is -0.363 e. The Morgan fingerprint density at radius 2 is 2.00 bits per heavy atom. The second-order valence-corrected chi connectivity index (χ2v) is 5.72. The molecule has 2 aromatic rings. The zero-order valence-electron chi connectivity index (χ0n) is 12.4. The highest BCUT2D eigenvalue weighted by molar-refractivity contribution is 5.58. The summed E-state index contributed by atoms with van der Waals surface area (Å²) in [5.74, 6) is 0. The summed E-state index contributed by atoms with van der Waals surface area (Å²) in [6.07, 6.45) is 2.82. The Morgan fingerprint density at radius 1 is 1.19 bits per heavy atom. The second kappa shape index (κ2) is 6.01. The first-order valence-electron chi connectivity index (χ1n) is 7.57. The first kappa shape index (κ1) is 13.7. The smallest absolute Gasteiger partial charge is 0.0672 e. The fraction of sp³-hybridized carbons (Fsp3) is 0.316. The van der Waals surface area contributed by atoms with E-state index in [1.165, 1.54) is 22.4 Å². The molecular weight excluding hydrogens is 256 g/mol. The molecule has 0 aromatic heterocycles. The fourth-order valence-electron chi connectivity index (χ4n) is 3.25. The standard InChI is InChI=1S/C19H20N2/c1-15-9-10-18-17(14-15)8-5-13-21(18)19(11-12-20)16-6-3-2-4-7-16/h2-4,6-7,9-10,14,19H,5,8,11,13H2,1H3. The van der Waals surface area contributed by atoms with E-state index in [-0.39, 0.29) is 6.04 Å². The van der Waals surface area contributed by atoms with Gasteiger partial charge in [0.15, 0.2) is 0 Å². The number of hydrogen-bond donors (Lipinski definition) is 0. The molecule has 1 aliphatic heterocycles. The lowest BCUT2D eigenvalue weighted by molar-refractivity contribution is 0.589. The van der Waals surface area contributed by atoms with Crippen molar-refractivity contribution in [1.29, 1.82) is 5.26 Å². The van der Waals surface area contributed by atoms with Crippen molar-refractivity contribution in [3.63, 3.8) is 0 Å². The van der Waals surface area contributed by atoms with Crippen molar-refractivity contribution in [2.24, 2.45) is 0 Å². The Kier molecular flexibility index (Phi) is 3.92. The molecule has 0 spiro atoms. The van der Waals surface area contributed by atoms with Gasteiger partial charge in [-0.05, 0) is 37.0 Å². The predicted octanol–water partition coefficient (Wildman–Crippen LogP) is 4.40. The number of aryl methyl sites for hydroxylation is 2. The van der Waals surface area contributed by atoms with Gasteiger partial charge in [-0.1, -0.05) is 48.0 Å². The first-order chi connectivity index (χ1) is 10.3. The third kappa shape index (κ3) is 2.78. The molecule has 2 aromatic carbocycles. The van der Waals surface area contributed by atoms with E-state index in [1.807, 2.05) is 6.07 Å². The summed E-state index contributed by atoms with van der Waals surface area (Å²) in [5, 5.41) is 9.24. The molecule has 106 valence electrons. The monoisotopic (exact) mass is 276 g/mol. The van der Waals surface area contributed by atoms with Crippen molar-refractivity contribution in [1.82, 2.24) is 0 Å². The van der Waals surface area contributed by atoms with Crippen LogP contribution in [-0.2, 0) is 6.42 Å². The molecule has 0 aliphatic carbocycles. The highest BCUT2D eigenvalue weighted by atomic mass is 15.2. The van der Waals surface area contributed by atoms with Crippen LogP contribution in [0.15, 0.2) is 48.5 Å². The van der Waals surface area contributed by atoms with Gasteiger partial charge in [-0.3, -0.25) is 0 Å². The average Bonchev–Trinajstić information content (AvgIpc) is 2.53. The third-order valence-electron chi connectivity index (χ3n) is 4.23. The molecule has 0 saturated carbocycles. The number of anilines is 1. The largest absolute Gasteiger partial charge is 0.363 e. The SMILES string of the molecule is Cc1ccc2c(c1)CCCN2C(CC#N)c1ccccc1. The van der Waals surface area contributed by atoms with Crippen LogP contribution >= 0.6 is 0 Å². The molecule has 0 bridgehead atoms. The van der Waals surface area contributed by atoms with Crippen LogP contribution < -0.4 is 4.90 Å². The summed E-state index contributed by atoms with van der Waals surface area (Å²) in [7, 11) is 0. The molecule has 2 heteroatoms. The molecule has 21 heavy (non-hydrogen) atoms. The summed E-state index contributed by atoms with van der Waals surface area (Å²) in [4.78, 5) is 2.41. The van der Waals surface area contributed by atoms with Gasteiger partial charge in [0.25, 0.3) is 0 Å². The molecule has 3 rings (SSSR count). The van der Waals surface area contributed by atoms with Gasteiger partial charge in [0.05, 0.1) is 18.5 Å². The zero-order valence-corrected chi connectivity index (χ0v) is 12.4. The van der Waals surface area contributed by atoms with Gasteiger partial charge in [-0.25, -0.2) is 0 Å². The van der Waals surface area contributed by atoms with Crippen LogP contribution in [-0.4, -0.2) is 6.54 Å². The number of benzene rings is 2. The molecule has 1 unspecified atom stereocenters. The van der Waals surface area contributed by atoms with Crippen LogP contribution in [0.2, 0.25) is 0 Å². The highest BCUT2D eigenvalue weighted by Crippen LogP contribution is 2.36. The van der Waals surface area contributed by atoms with Gasteiger partial charge < -0.3 is 4.90 Å². The third-order valence-corrected chi connectivity index (χ3v) is 4.23. The Bertz CT molecular complexity index is 655. The van der Waals surface area contributed by atoms with Crippen molar-refractivity contribution < 1.29 is 0 Å². The summed E-state index contributed by atoms with van der Waals surface area (Å²) in [5.41, 5.74) is 5.26. The molecule has 1 atom stereocenters. The topological polar surface area (TPSA) is 27.0 Å². The lowest BCUT2D eigenvalue weighted by atomic mass is 9.94. The molecule has 1 aliphatic rings. The number of fused-ring (bicyclic) bond motifs is 1. The quantitative estimate of drug-likeness (QED) is 0.830. The maximum atomic E-state index is 9.24. The Hall–Kier alpha value is -2.27. The molecular formula is C19H20N2. The number of hydrogen-bond acceptors (Lipinski definition) is 2. The van der Waals surface area contributed by atoms with E-state index in [1.54, 1.807) is 0 Å². The normalized spacial score (nSPS) is 15.1. The van der Waals surface area contributed by atoms with E-state index < -0.39 is 0 Å². The van der Waals surface area contributed by atoms with Gasteiger partial charge >= 0.3 is 0 Å². The lowest BCUT2D eigenvalue weighted by Crippen LogP contribution is -2.33. The van der Waals surface area contributed by atoms with Crippen LogP contribution in [0.25, 0.3) is 0 Å². The molecule has 2 nitrogen and oxygen atoms in total. The van der Waals surface area contributed by atoms with Crippen molar-refractivity contribution in [3.8, 4) is 6.07 Å². The average molecular weight is 276 g/mol. The summed E-state index contributed by atoms with van der Waals surface area (Å²) in [6, 6.07) is 19.6. The molecule has 0 radical (unpaired) electrons. The van der Waals surface area contributed by atoms with Crippen LogP contribution in [0.5, 0.6) is 0 Å². The van der Waals surface area contributed by atoms with Gasteiger partial charge in [-0.15, -0.1) is 0 Å². The van der Waals surface area contributed by atoms with Crippen molar-refractivity contribution in [2.75, 3.05) is 11.4 Å². The summed E-state index contributed by atoms with van der Waals surface area (Å²) >= 11 is 0. The molecule has 0 saturated heterocycles. The van der Waals surface area contributed by atoms with Crippen molar-refractivity contribution >= 4 is 5.69 Å². The molecule has 1 heterocycles. The Labute approximate surface area is 126 Å². The predicted molar refractivity (Wildman–Crippen MR) is 86.3 cm³/mol. The van der Waals surface area contributed by atoms with E-state index in [2.05, 4.69) is 60.4 Å². The van der Waals surface area contributed by atoms with Crippen LogP contribution in [0.1, 0.15) is 35.6 Å². The zero-order chi connectivity index (χ0) is 14.7. The van der Waals surface area contributed by atoms with Crippen LogP contribution in [0.3, 0.4) is 0 Å². The van der Waals surface area contributed by atoms with Crippen LogP contribution in [0, 0.1) is 18.3 Å². The van der Waals surface area contributed by atoms with Gasteiger partial charge in [-0.2, -0.15) is 5.26 Å². The van der Waals surface area contributed by atoms with Crippen LogP contribution in [0.4, 0.5) is 5.69 Å². The number of nitrogens with zero attached hydrogens (tertiary/aromatic N) is 2. The van der Waals surface area contributed by atoms with Gasteiger partial charge in [0.1, 0.15) is 0 Å². The maximum Gasteiger partial charge on any atom is 0.0672 e. The highest BCUT2D eigenvalue weighted by Gasteiger charge is 2.25. The van der Waals surface area contributed by atoms with Crippen molar-refractivity contribution in [3.05, 3.63) is 65.2 Å². The Morgan fingerprint density at radius 3 is 2.76 bits per heavy atom. The van der Waals surface area contributed by atoms with E-state index in [9.17, 15) is 5.26 Å². The molecule has 0 N–H and O–H groups in total. The second-order valence-electron chi connectivity index (χ2n) is 5.72. The Balaban J connectivity index is 2.01. The van der Waals surface area contributed by atoms with E-state index in [4.69, 9.17) is 0 Å². The minimum atomic E-state index is 0.151. The van der Waals surface area contributed by atoms with E-state index in [0.717, 1.165) is 19.4 Å². The van der Waals surface area contributed by atoms with Crippen molar-refractivity contribution in [2.45, 2.75) is 32.2 Å². The summed E-state index contributed by atoms with van der Waals surface area (Å²) in [6.45, 7) is 3.17. The van der Waals surface area contributed by atoms with E-state index in [0.29, 0.717) is 6.42 Å². The molecule has 0 amide bonds. The maximum absolute atomic E-state index is 9.24. The number of nitriles is 1. The van der Waals surface area contributed by atoms with Gasteiger partial charge in [0, 0.05) is 12.2 Å². The number of rotatable bonds is 3. The lowest BCUT2D eigenvalue weighted by Gasteiger charge is -2.37. The summed E-state index contributed by atoms with van der Waals surface area (Å²) < 4.78 is 0.